The molecule has 1 heterocycles. The van der Waals surface area contributed by atoms with Crippen LogP contribution in [0.4, 0.5) is 0 Å². The lowest BCUT2D eigenvalue weighted by Gasteiger charge is -2.11. The molecule has 0 aliphatic rings. The van der Waals surface area contributed by atoms with Crippen molar-refractivity contribution in [3.05, 3.63) is 77.5 Å². The number of hydrogen-bond donors (Lipinski definition) is 2. The van der Waals surface area contributed by atoms with Crippen LogP contribution in [0.5, 0.6) is 5.75 Å². The summed E-state index contributed by atoms with van der Waals surface area (Å²) < 4.78 is 6.05. The van der Waals surface area contributed by atoms with E-state index >= 15 is 0 Å². The van der Waals surface area contributed by atoms with Crippen LogP contribution in [0.25, 0.3) is 21.7 Å². The monoisotopic (exact) mass is 359 g/mol. The Bertz CT molecular complexity index is 1130. The van der Waals surface area contributed by atoms with E-state index in [1.807, 2.05) is 36.4 Å². The van der Waals surface area contributed by atoms with Gasteiger partial charge in [0.15, 0.2) is 0 Å². The van der Waals surface area contributed by atoms with Crippen LogP contribution in [-0.4, -0.2) is 22.7 Å². The van der Waals surface area contributed by atoms with Crippen molar-refractivity contribution in [1.82, 2.24) is 4.98 Å². The summed E-state index contributed by atoms with van der Waals surface area (Å²) in [6, 6.07) is 20.1. The van der Waals surface area contributed by atoms with E-state index in [0.717, 1.165) is 45.0 Å². The predicted octanol–water partition coefficient (Wildman–Crippen LogP) is 5.34. The average Bonchev–Trinajstić information content (AvgIpc) is 3.04. The highest BCUT2D eigenvalue weighted by molar-refractivity contribution is 5.97. The molecule has 3 aromatic carbocycles. The number of carboxylic acid groups (broad SMARTS) is 1. The highest BCUT2D eigenvalue weighted by Gasteiger charge is 2.16. The minimum absolute atomic E-state index is 0.275. The lowest BCUT2D eigenvalue weighted by molar-refractivity contribution is 0.0690. The number of aromatic carboxylic acids is 1. The molecule has 0 bridgehead atoms. The number of aryl methyl sites for hydroxylation is 2. The summed E-state index contributed by atoms with van der Waals surface area (Å²) in [6.07, 6.45) is 1.39. The lowest BCUT2D eigenvalue weighted by Crippen LogP contribution is -2.04. The molecule has 0 atom stereocenters. The Morgan fingerprint density at radius 1 is 1.04 bits per heavy atom. The highest BCUT2D eigenvalue weighted by Crippen LogP contribution is 2.28. The van der Waals surface area contributed by atoms with Gasteiger partial charge < -0.3 is 14.8 Å². The van der Waals surface area contributed by atoms with Crippen LogP contribution < -0.4 is 4.74 Å². The van der Waals surface area contributed by atoms with E-state index in [1.165, 1.54) is 0 Å². The fraction of sp³-hybridized carbons (Fsp3) is 0.174. The molecule has 0 radical (unpaired) electrons. The van der Waals surface area contributed by atoms with Gasteiger partial charge in [0.2, 0.25) is 0 Å². The van der Waals surface area contributed by atoms with E-state index in [-0.39, 0.29) is 5.69 Å². The van der Waals surface area contributed by atoms with E-state index in [2.05, 4.69) is 36.2 Å². The fourth-order valence-corrected chi connectivity index (χ4v) is 3.61. The highest BCUT2D eigenvalue weighted by atomic mass is 16.5. The van der Waals surface area contributed by atoms with Crippen molar-refractivity contribution in [2.75, 3.05) is 6.61 Å². The van der Waals surface area contributed by atoms with Crippen LogP contribution in [0.1, 0.15) is 28.0 Å². The molecule has 0 amide bonds. The predicted molar refractivity (Wildman–Crippen MR) is 108 cm³/mol. The number of carboxylic acids is 1. The molecule has 4 heteroatoms. The van der Waals surface area contributed by atoms with Gasteiger partial charge in [-0.3, -0.25) is 0 Å². The number of hydrogen-bond acceptors (Lipinski definition) is 2. The first kappa shape index (κ1) is 17.2. The van der Waals surface area contributed by atoms with Gasteiger partial charge in [-0.15, -0.1) is 0 Å². The van der Waals surface area contributed by atoms with Gasteiger partial charge in [0, 0.05) is 16.3 Å². The maximum Gasteiger partial charge on any atom is 0.352 e. The molecule has 1 aromatic heterocycles. The van der Waals surface area contributed by atoms with E-state index in [0.29, 0.717) is 13.0 Å². The normalized spacial score (nSPS) is 11.1. The van der Waals surface area contributed by atoms with Crippen molar-refractivity contribution in [2.24, 2.45) is 0 Å². The van der Waals surface area contributed by atoms with Gasteiger partial charge in [-0.05, 0) is 48.4 Å². The van der Waals surface area contributed by atoms with Crippen LogP contribution in [0.15, 0.2) is 60.7 Å². The summed E-state index contributed by atoms with van der Waals surface area (Å²) in [4.78, 5) is 14.6. The topological polar surface area (TPSA) is 62.3 Å². The third kappa shape index (κ3) is 3.38. The Labute approximate surface area is 157 Å². The maximum absolute atomic E-state index is 11.6. The Morgan fingerprint density at radius 2 is 1.78 bits per heavy atom. The SMILES string of the molecule is Cc1cc(OCCCc2c(C(=O)O)[nH]c3ccccc23)c2ccccc2c1. The first-order chi connectivity index (χ1) is 13.1. The summed E-state index contributed by atoms with van der Waals surface area (Å²) in [5.74, 6) is -0.0465. The van der Waals surface area contributed by atoms with Crippen molar-refractivity contribution in [1.29, 1.82) is 0 Å². The molecule has 27 heavy (non-hydrogen) atoms. The van der Waals surface area contributed by atoms with E-state index < -0.39 is 5.97 Å². The van der Waals surface area contributed by atoms with Crippen molar-refractivity contribution >= 4 is 27.6 Å². The van der Waals surface area contributed by atoms with Crippen LogP contribution in [0.2, 0.25) is 0 Å². The van der Waals surface area contributed by atoms with Gasteiger partial charge in [0.05, 0.1) is 6.61 Å². The van der Waals surface area contributed by atoms with Crippen molar-refractivity contribution in [2.45, 2.75) is 19.8 Å². The van der Waals surface area contributed by atoms with E-state index in [9.17, 15) is 9.90 Å². The molecule has 0 aliphatic heterocycles. The summed E-state index contributed by atoms with van der Waals surface area (Å²) in [6.45, 7) is 2.59. The molecule has 2 N–H and O–H groups in total. The second kappa shape index (κ2) is 7.16. The zero-order chi connectivity index (χ0) is 18.8. The Balaban J connectivity index is 1.51. The molecule has 4 nitrogen and oxygen atoms in total. The lowest BCUT2D eigenvalue weighted by atomic mass is 10.1. The maximum atomic E-state index is 11.6. The molecular formula is C23H21NO3. The minimum atomic E-state index is -0.924. The summed E-state index contributed by atoms with van der Waals surface area (Å²) >= 11 is 0. The average molecular weight is 359 g/mol. The molecule has 0 saturated carbocycles. The molecule has 0 spiro atoms. The molecular weight excluding hydrogens is 338 g/mol. The Kier molecular flexibility index (Phi) is 4.55. The molecule has 136 valence electrons. The fourth-order valence-electron chi connectivity index (χ4n) is 3.61. The van der Waals surface area contributed by atoms with Crippen LogP contribution in [-0.2, 0) is 6.42 Å². The zero-order valence-electron chi connectivity index (χ0n) is 15.2. The number of carbonyl (C=O) groups is 1. The van der Waals surface area contributed by atoms with Crippen molar-refractivity contribution in [3.63, 3.8) is 0 Å². The van der Waals surface area contributed by atoms with Gasteiger partial charge in [-0.25, -0.2) is 4.79 Å². The number of H-pyrrole nitrogens is 1. The van der Waals surface area contributed by atoms with E-state index in [4.69, 9.17) is 4.74 Å². The molecule has 4 rings (SSSR count). The summed E-state index contributed by atoms with van der Waals surface area (Å²) in [7, 11) is 0. The molecule has 0 fully saturated rings. The third-order valence-corrected chi connectivity index (χ3v) is 4.82. The molecule has 4 aromatic rings. The van der Waals surface area contributed by atoms with Gasteiger partial charge >= 0.3 is 5.97 Å². The summed E-state index contributed by atoms with van der Waals surface area (Å²) in [5, 5.41) is 12.7. The van der Waals surface area contributed by atoms with Crippen LogP contribution in [0.3, 0.4) is 0 Å². The smallest absolute Gasteiger partial charge is 0.352 e. The van der Waals surface area contributed by atoms with Crippen LogP contribution >= 0.6 is 0 Å². The standard InChI is InChI=1S/C23H21NO3/c1-15-13-16-7-2-3-8-17(16)21(14-15)27-12-6-10-19-18-9-4-5-11-20(18)24-22(19)23(25)26/h2-5,7-9,11,13-14,24H,6,10,12H2,1H3,(H,25,26). The Morgan fingerprint density at radius 3 is 2.59 bits per heavy atom. The second-order valence-electron chi connectivity index (χ2n) is 6.77. The number of benzene rings is 3. The number of aromatic amines is 1. The first-order valence-corrected chi connectivity index (χ1v) is 9.08. The van der Waals surface area contributed by atoms with Crippen molar-refractivity contribution < 1.29 is 14.6 Å². The minimum Gasteiger partial charge on any atom is -0.493 e. The Hall–Kier alpha value is -3.27. The van der Waals surface area contributed by atoms with Gasteiger partial charge in [0.25, 0.3) is 0 Å². The number of fused-ring (bicyclic) bond motifs is 2. The number of rotatable bonds is 6. The first-order valence-electron chi connectivity index (χ1n) is 9.08. The largest absolute Gasteiger partial charge is 0.493 e. The molecule has 0 aliphatic carbocycles. The van der Waals surface area contributed by atoms with Crippen LogP contribution in [0, 0.1) is 6.92 Å². The number of para-hydroxylation sites is 1. The van der Waals surface area contributed by atoms with Gasteiger partial charge in [-0.1, -0.05) is 48.5 Å². The number of nitrogens with one attached hydrogen (secondary N) is 1. The quantitative estimate of drug-likeness (QED) is 0.457. The zero-order valence-corrected chi connectivity index (χ0v) is 15.2. The molecule has 0 unspecified atom stereocenters. The number of ether oxygens (including phenoxy) is 1. The second-order valence-corrected chi connectivity index (χ2v) is 6.77. The van der Waals surface area contributed by atoms with E-state index in [1.54, 1.807) is 0 Å². The van der Waals surface area contributed by atoms with Gasteiger partial charge in [0.1, 0.15) is 11.4 Å². The summed E-state index contributed by atoms with van der Waals surface area (Å²) in [5.41, 5.74) is 3.14. The van der Waals surface area contributed by atoms with Gasteiger partial charge in [-0.2, -0.15) is 0 Å². The third-order valence-electron chi connectivity index (χ3n) is 4.82. The number of aromatic nitrogens is 1. The van der Waals surface area contributed by atoms with Crippen molar-refractivity contribution in [3.8, 4) is 5.75 Å². The molecule has 0 saturated heterocycles.